The highest BCUT2D eigenvalue weighted by atomic mass is 16.5. The molecule has 30 heavy (non-hydrogen) atoms. The number of fused-ring (bicyclic) bond motifs is 3. The van der Waals surface area contributed by atoms with Crippen molar-refractivity contribution in [3.8, 4) is 5.75 Å². The fraction of sp³-hybridized carbons (Fsp3) is 0.269. The van der Waals surface area contributed by atoms with E-state index in [0.29, 0.717) is 6.42 Å². The van der Waals surface area contributed by atoms with Gasteiger partial charge in [-0.05, 0) is 61.7 Å². The van der Waals surface area contributed by atoms with E-state index in [1.165, 1.54) is 22.0 Å². The first-order chi connectivity index (χ1) is 14.6. The second kappa shape index (κ2) is 8.62. The van der Waals surface area contributed by atoms with Gasteiger partial charge in [-0.3, -0.25) is 4.79 Å². The standard InChI is InChI=1S/C26H28N2O2/c1-4-18-11-14-20(15-12-18)30-25(5-2)26(29)27-19-13-16-24-22(17-19)21-9-7-8-10-23(21)28(24)6-3/h7-17,25H,4-6H2,1-3H3,(H,27,29)/t25-/m0/s1. The Morgan fingerprint density at radius 3 is 2.37 bits per heavy atom. The van der Waals surface area contributed by atoms with Crippen LogP contribution in [0.4, 0.5) is 5.69 Å². The smallest absolute Gasteiger partial charge is 0.265 e. The summed E-state index contributed by atoms with van der Waals surface area (Å²) in [5.41, 5.74) is 4.43. The van der Waals surface area contributed by atoms with Crippen LogP contribution < -0.4 is 10.1 Å². The van der Waals surface area contributed by atoms with Gasteiger partial charge in [-0.2, -0.15) is 0 Å². The van der Waals surface area contributed by atoms with Crippen LogP contribution in [-0.4, -0.2) is 16.6 Å². The van der Waals surface area contributed by atoms with E-state index in [0.717, 1.165) is 29.8 Å². The third-order valence-corrected chi connectivity index (χ3v) is 5.63. The monoisotopic (exact) mass is 400 g/mol. The molecule has 0 aliphatic heterocycles. The number of para-hydroxylation sites is 1. The fourth-order valence-electron chi connectivity index (χ4n) is 3.99. The maximum atomic E-state index is 12.9. The van der Waals surface area contributed by atoms with Gasteiger partial charge in [0.25, 0.3) is 5.91 Å². The van der Waals surface area contributed by atoms with Crippen molar-refractivity contribution in [3.05, 3.63) is 72.3 Å². The molecule has 154 valence electrons. The molecular formula is C26H28N2O2. The number of ether oxygens (including phenoxy) is 1. The zero-order valence-corrected chi connectivity index (χ0v) is 17.8. The van der Waals surface area contributed by atoms with Gasteiger partial charge in [0.2, 0.25) is 0 Å². The average molecular weight is 401 g/mol. The van der Waals surface area contributed by atoms with Crippen LogP contribution in [-0.2, 0) is 17.8 Å². The number of nitrogens with zero attached hydrogens (tertiary/aromatic N) is 1. The topological polar surface area (TPSA) is 43.3 Å². The molecule has 1 atom stereocenters. The Morgan fingerprint density at radius 1 is 0.933 bits per heavy atom. The molecule has 4 nitrogen and oxygen atoms in total. The number of amides is 1. The molecule has 4 heteroatoms. The van der Waals surface area contributed by atoms with Gasteiger partial charge in [-0.15, -0.1) is 0 Å². The molecule has 1 aromatic heterocycles. The number of benzene rings is 3. The number of carbonyl (C=O) groups excluding carboxylic acids is 1. The number of hydrogen-bond acceptors (Lipinski definition) is 2. The van der Waals surface area contributed by atoms with Gasteiger partial charge in [0.15, 0.2) is 6.10 Å². The van der Waals surface area contributed by atoms with Crippen molar-refractivity contribution in [1.82, 2.24) is 4.57 Å². The predicted octanol–water partition coefficient (Wildman–Crippen LogP) is 6.17. The van der Waals surface area contributed by atoms with E-state index in [9.17, 15) is 4.79 Å². The van der Waals surface area contributed by atoms with Crippen LogP contribution in [0.5, 0.6) is 5.75 Å². The van der Waals surface area contributed by atoms with Crippen molar-refractivity contribution in [3.63, 3.8) is 0 Å². The summed E-state index contributed by atoms with van der Waals surface area (Å²) in [4.78, 5) is 12.9. The van der Waals surface area contributed by atoms with E-state index in [1.807, 2.05) is 37.3 Å². The molecule has 4 rings (SSSR count). The number of aryl methyl sites for hydroxylation is 2. The molecule has 0 spiro atoms. The molecule has 4 aromatic rings. The van der Waals surface area contributed by atoms with Gasteiger partial charge in [-0.25, -0.2) is 0 Å². The summed E-state index contributed by atoms with van der Waals surface area (Å²) in [5.74, 6) is 0.589. The molecule has 0 saturated heterocycles. The summed E-state index contributed by atoms with van der Waals surface area (Å²) in [6.07, 6.45) is 1.04. The third-order valence-electron chi connectivity index (χ3n) is 5.63. The minimum absolute atomic E-state index is 0.129. The van der Waals surface area contributed by atoms with Crippen LogP contribution in [0.1, 0.15) is 32.8 Å². The van der Waals surface area contributed by atoms with E-state index >= 15 is 0 Å². The van der Waals surface area contributed by atoms with E-state index in [2.05, 4.69) is 60.1 Å². The second-order valence-electron chi connectivity index (χ2n) is 7.49. The Labute approximate surface area is 177 Å². The highest BCUT2D eigenvalue weighted by molar-refractivity contribution is 6.10. The van der Waals surface area contributed by atoms with Crippen molar-refractivity contribution in [2.45, 2.75) is 46.3 Å². The van der Waals surface area contributed by atoms with Crippen LogP contribution in [0.2, 0.25) is 0 Å². The molecule has 1 heterocycles. The number of aromatic nitrogens is 1. The van der Waals surface area contributed by atoms with Crippen molar-refractivity contribution < 1.29 is 9.53 Å². The summed E-state index contributed by atoms with van der Waals surface area (Å²) in [6.45, 7) is 7.13. The van der Waals surface area contributed by atoms with Gasteiger partial charge < -0.3 is 14.6 Å². The highest BCUT2D eigenvalue weighted by Crippen LogP contribution is 2.31. The maximum Gasteiger partial charge on any atom is 0.265 e. The first-order valence-electron chi connectivity index (χ1n) is 10.7. The summed E-state index contributed by atoms with van der Waals surface area (Å²) in [5, 5.41) is 5.39. The first kappa shape index (κ1) is 20.0. The first-order valence-corrected chi connectivity index (χ1v) is 10.7. The Morgan fingerprint density at radius 2 is 1.67 bits per heavy atom. The molecule has 0 bridgehead atoms. The minimum Gasteiger partial charge on any atom is -0.481 e. The Balaban J connectivity index is 1.57. The fourth-order valence-corrected chi connectivity index (χ4v) is 3.99. The summed E-state index contributed by atoms with van der Waals surface area (Å²) in [6, 6.07) is 22.4. The molecule has 3 aromatic carbocycles. The number of hydrogen-bond donors (Lipinski definition) is 1. The number of nitrogens with one attached hydrogen (secondary N) is 1. The molecule has 1 amide bonds. The maximum absolute atomic E-state index is 12.9. The number of carbonyl (C=O) groups is 1. The summed E-state index contributed by atoms with van der Waals surface area (Å²) >= 11 is 0. The normalized spacial score (nSPS) is 12.2. The lowest BCUT2D eigenvalue weighted by Gasteiger charge is -2.17. The van der Waals surface area contributed by atoms with Crippen LogP contribution in [0, 0.1) is 0 Å². The van der Waals surface area contributed by atoms with Crippen LogP contribution >= 0.6 is 0 Å². The molecule has 0 aliphatic carbocycles. The molecule has 0 unspecified atom stereocenters. The van der Waals surface area contributed by atoms with Crippen LogP contribution in [0.25, 0.3) is 21.8 Å². The van der Waals surface area contributed by atoms with Crippen LogP contribution in [0.3, 0.4) is 0 Å². The van der Waals surface area contributed by atoms with E-state index in [-0.39, 0.29) is 5.91 Å². The number of anilines is 1. The minimum atomic E-state index is -0.537. The van der Waals surface area contributed by atoms with Crippen molar-refractivity contribution in [2.24, 2.45) is 0 Å². The Bertz CT molecular complexity index is 1180. The largest absolute Gasteiger partial charge is 0.481 e. The second-order valence-corrected chi connectivity index (χ2v) is 7.49. The molecule has 1 N–H and O–H groups in total. The average Bonchev–Trinajstić information content (AvgIpc) is 3.10. The highest BCUT2D eigenvalue weighted by Gasteiger charge is 2.19. The van der Waals surface area contributed by atoms with Crippen LogP contribution in [0.15, 0.2) is 66.7 Å². The summed E-state index contributed by atoms with van der Waals surface area (Å²) in [7, 11) is 0. The van der Waals surface area contributed by atoms with Crippen molar-refractivity contribution >= 4 is 33.4 Å². The zero-order valence-electron chi connectivity index (χ0n) is 17.8. The molecule has 0 fully saturated rings. The van der Waals surface area contributed by atoms with E-state index in [1.54, 1.807) is 0 Å². The predicted molar refractivity (Wildman–Crippen MR) is 124 cm³/mol. The quantitative estimate of drug-likeness (QED) is 0.403. The SMILES string of the molecule is CCc1ccc(O[C@@H](CC)C(=O)Nc2ccc3c(c2)c2ccccc2n3CC)cc1. The van der Waals surface area contributed by atoms with Gasteiger partial charge in [0.1, 0.15) is 5.75 Å². The van der Waals surface area contributed by atoms with Gasteiger partial charge >= 0.3 is 0 Å². The lowest BCUT2D eigenvalue weighted by Crippen LogP contribution is -2.32. The zero-order chi connectivity index (χ0) is 21.1. The molecule has 0 aliphatic rings. The lowest BCUT2D eigenvalue weighted by molar-refractivity contribution is -0.122. The lowest BCUT2D eigenvalue weighted by atomic mass is 10.1. The van der Waals surface area contributed by atoms with Gasteiger partial charge in [0.05, 0.1) is 0 Å². The van der Waals surface area contributed by atoms with E-state index < -0.39 is 6.10 Å². The molecule has 0 radical (unpaired) electrons. The third kappa shape index (κ3) is 3.78. The number of rotatable bonds is 7. The Hall–Kier alpha value is -3.27. The van der Waals surface area contributed by atoms with Gasteiger partial charge in [0, 0.05) is 34.0 Å². The Kier molecular flexibility index (Phi) is 5.75. The molecular weight excluding hydrogens is 372 g/mol. The van der Waals surface area contributed by atoms with E-state index in [4.69, 9.17) is 4.74 Å². The van der Waals surface area contributed by atoms with Gasteiger partial charge in [-0.1, -0.05) is 44.2 Å². The van der Waals surface area contributed by atoms with Crippen molar-refractivity contribution in [2.75, 3.05) is 5.32 Å². The molecule has 0 saturated carbocycles. The van der Waals surface area contributed by atoms with Crippen molar-refractivity contribution in [1.29, 1.82) is 0 Å². The summed E-state index contributed by atoms with van der Waals surface area (Å²) < 4.78 is 8.26.